The van der Waals surface area contributed by atoms with E-state index >= 15 is 0 Å². The number of rotatable bonds is 3. The number of carbonyl (C=O) groups excluding carboxylic acids is 1. The predicted octanol–water partition coefficient (Wildman–Crippen LogP) is 0.180. The average Bonchev–Trinajstić information content (AvgIpc) is 1.61. The van der Waals surface area contributed by atoms with Crippen LogP contribution in [0, 0.1) is 0 Å². The molecule has 3 N–H and O–H groups in total. The van der Waals surface area contributed by atoms with Crippen molar-refractivity contribution in [3.05, 3.63) is 0 Å². The zero-order valence-electron chi connectivity index (χ0n) is 5.07. The number of carboxylic acid groups (broad SMARTS) is 1. The molecule has 0 aliphatic rings. The lowest BCUT2D eigenvalue weighted by molar-refractivity contribution is -0.138. The third kappa shape index (κ3) is 15.6. The fourth-order valence-corrected chi connectivity index (χ4v) is 0.230. The van der Waals surface area contributed by atoms with Gasteiger partial charge in [-0.3, -0.25) is 9.59 Å². The number of carbonyl (C=O) groups is 2. The third-order valence-corrected chi connectivity index (χ3v) is 0.585. The lowest BCUT2D eigenvalue weighted by atomic mass is 10.3. The zero-order valence-corrected chi connectivity index (χ0v) is 6.70. The van der Waals surface area contributed by atoms with Crippen LogP contribution >= 0.6 is 24.8 Å². The molecule has 0 bridgehead atoms. The number of nitrogens with two attached hydrogens (primary N) is 1. The first-order chi connectivity index (χ1) is 3.63. The lowest BCUT2D eigenvalue weighted by Crippen LogP contribution is -2.12. The minimum atomic E-state index is -0.996. The van der Waals surface area contributed by atoms with Crippen LogP contribution in [0.15, 0.2) is 0 Å². The summed E-state index contributed by atoms with van der Waals surface area (Å²) in [4.78, 5) is 19.6. The van der Waals surface area contributed by atoms with Crippen LogP contribution in [0.4, 0.5) is 0 Å². The van der Waals surface area contributed by atoms with Gasteiger partial charge in [0.2, 0.25) is 5.91 Å². The maximum Gasteiger partial charge on any atom is 0.303 e. The highest BCUT2D eigenvalue weighted by molar-refractivity contribution is 5.85. The van der Waals surface area contributed by atoms with Crippen molar-refractivity contribution in [2.75, 3.05) is 0 Å². The van der Waals surface area contributed by atoms with Gasteiger partial charge in [-0.1, -0.05) is 0 Å². The molecule has 0 saturated heterocycles. The fourth-order valence-electron chi connectivity index (χ4n) is 0.230. The molecule has 0 fully saturated rings. The molecule has 0 aromatic rings. The smallest absolute Gasteiger partial charge is 0.303 e. The molecule has 0 aromatic carbocycles. The highest BCUT2D eigenvalue weighted by atomic mass is 35.5. The number of hydrogen-bond donors (Lipinski definition) is 2. The van der Waals surface area contributed by atoms with Crippen LogP contribution in [-0.2, 0) is 9.59 Å². The Hall–Kier alpha value is -0.480. The molecule has 0 spiro atoms. The molecule has 0 aliphatic carbocycles. The van der Waals surface area contributed by atoms with E-state index in [1.807, 2.05) is 0 Å². The van der Waals surface area contributed by atoms with Crippen molar-refractivity contribution in [2.45, 2.75) is 12.8 Å². The van der Waals surface area contributed by atoms with Crippen molar-refractivity contribution < 1.29 is 14.7 Å². The first-order valence-corrected chi connectivity index (χ1v) is 2.13. The summed E-state index contributed by atoms with van der Waals surface area (Å²) in [7, 11) is 0. The summed E-state index contributed by atoms with van der Waals surface area (Å²) in [6.45, 7) is 0. The van der Waals surface area contributed by atoms with Crippen molar-refractivity contribution in [2.24, 2.45) is 5.73 Å². The average molecular weight is 190 g/mol. The van der Waals surface area contributed by atoms with Gasteiger partial charge < -0.3 is 10.8 Å². The monoisotopic (exact) mass is 189 g/mol. The van der Waals surface area contributed by atoms with E-state index in [0.717, 1.165) is 0 Å². The molecule has 0 unspecified atom stereocenters. The molecule has 6 heteroatoms. The Labute approximate surface area is 70.6 Å². The van der Waals surface area contributed by atoms with Gasteiger partial charge >= 0.3 is 5.97 Å². The normalized spacial score (nSPS) is 6.80. The first kappa shape index (κ1) is 16.3. The van der Waals surface area contributed by atoms with E-state index in [1.54, 1.807) is 0 Å². The fraction of sp³-hybridized carbons (Fsp3) is 0.500. The summed E-state index contributed by atoms with van der Waals surface area (Å²) in [6, 6.07) is 0. The largest absolute Gasteiger partial charge is 0.481 e. The Morgan fingerprint density at radius 1 is 1.20 bits per heavy atom. The molecule has 0 aromatic heterocycles. The number of aliphatic carboxylic acids is 1. The number of halogens is 2. The topological polar surface area (TPSA) is 80.4 Å². The van der Waals surface area contributed by atoms with E-state index in [-0.39, 0.29) is 37.7 Å². The van der Waals surface area contributed by atoms with Crippen LogP contribution in [0.25, 0.3) is 0 Å². The van der Waals surface area contributed by atoms with E-state index in [1.165, 1.54) is 0 Å². The summed E-state index contributed by atoms with van der Waals surface area (Å²) >= 11 is 0. The second-order valence-corrected chi connectivity index (χ2v) is 1.36. The predicted molar refractivity (Wildman–Crippen MR) is 40.6 cm³/mol. The summed E-state index contributed by atoms with van der Waals surface area (Å²) < 4.78 is 0. The number of amides is 1. The lowest BCUT2D eigenvalue weighted by Gasteiger charge is -1.86. The minimum absolute atomic E-state index is 0. The summed E-state index contributed by atoms with van der Waals surface area (Å²) in [5.41, 5.74) is 4.64. The zero-order chi connectivity index (χ0) is 6.57. The maximum atomic E-state index is 9.86. The van der Waals surface area contributed by atoms with E-state index in [2.05, 4.69) is 5.73 Å². The SMILES string of the molecule is Cl.Cl.NC(=O)CCC(=O)O. The van der Waals surface area contributed by atoms with Gasteiger partial charge in [0.25, 0.3) is 0 Å². The van der Waals surface area contributed by atoms with Crippen molar-refractivity contribution >= 4 is 36.7 Å². The molecule has 0 aliphatic heterocycles. The van der Waals surface area contributed by atoms with Crippen molar-refractivity contribution in [3.8, 4) is 0 Å². The van der Waals surface area contributed by atoms with E-state index in [0.29, 0.717) is 0 Å². The van der Waals surface area contributed by atoms with Crippen LogP contribution in [0.3, 0.4) is 0 Å². The number of carboxylic acids is 1. The van der Waals surface area contributed by atoms with Gasteiger partial charge in [0.15, 0.2) is 0 Å². The molecule has 0 radical (unpaired) electrons. The van der Waals surface area contributed by atoms with Crippen molar-refractivity contribution in [1.82, 2.24) is 0 Å². The van der Waals surface area contributed by atoms with Gasteiger partial charge in [-0.25, -0.2) is 0 Å². The highest BCUT2D eigenvalue weighted by Gasteiger charge is 1.98. The molecule has 1 amide bonds. The molecule has 10 heavy (non-hydrogen) atoms. The summed E-state index contributed by atoms with van der Waals surface area (Å²) in [5.74, 6) is -1.57. The van der Waals surface area contributed by atoms with Gasteiger partial charge in [-0.15, -0.1) is 24.8 Å². The van der Waals surface area contributed by atoms with Gasteiger partial charge in [0.1, 0.15) is 0 Å². The minimum Gasteiger partial charge on any atom is -0.481 e. The summed E-state index contributed by atoms with van der Waals surface area (Å²) in [6.07, 6.45) is -0.245. The Morgan fingerprint density at radius 2 is 1.60 bits per heavy atom. The molecular formula is C4H9Cl2NO3. The Kier molecular flexibility index (Phi) is 13.9. The molecular weight excluding hydrogens is 181 g/mol. The van der Waals surface area contributed by atoms with Gasteiger partial charge in [0.05, 0.1) is 6.42 Å². The molecule has 0 rings (SSSR count). The summed E-state index contributed by atoms with van der Waals surface area (Å²) in [5, 5.41) is 7.95. The van der Waals surface area contributed by atoms with Gasteiger partial charge in [-0.05, 0) is 0 Å². The van der Waals surface area contributed by atoms with Crippen LogP contribution in [0.2, 0.25) is 0 Å². The van der Waals surface area contributed by atoms with Crippen molar-refractivity contribution in [1.29, 1.82) is 0 Å². The second-order valence-electron chi connectivity index (χ2n) is 1.36. The van der Waals surface area contributed by atoms with E-state index < -0.39 is 11.9 Å². The third-order valence-electron chi connectivity index (χ3n) is 0.585. The van der Waals surface area contributed by atoms with Crippen LogP contribution in [-0.4, -0.2) is 17.0 Å². The Balaban J connectivity index is -0.000000245. The molecule has 0 atom stereocenters. The Bertz CT molecular complexity index is 103. The van der Waals surface area contributed by atoms with Gasteiger partial charge in [0, 0.05) is 6.42 Å². The van der Waals surface area contributed by atoms with Crippen molar-refractivity contribution in [3.63, 3.8) is 0 Å². The standard InChI is InChI=1S/C4H7NO3.2ClH/c5-3(6)1-2-4(7)8;;/h1-2H2,(H2,5,6)(H,7,8);2*1H. The maximum absolute atomic E-state index is 9.86. The van der Waals surface area contributed by atoms with E-state index in [4.69, 9.17) is 5.11 Å². The molecule has 0 heterocycles. The Morgan fingerprint density at radius 3 is 1.70 bits per heavy atom. The molecule has 62 valence electrons. The molecule has 0 saturated carbocycles. The number of primary amides is 1. The van der Waals surface area contributed by atoms with Crippen LogP contribution in [0.5, 0.6) is 0 Å². The van der Waals surface area contributed by atoms with Gasteiger partial charge in [-0.2, -0.15) is 0 Å². The second kappa shape index (κ2) is 8.52. The quantitative estimate of drug-likeness (QED) is 0.665. The highest BCUT2D eigenvalue weighted by Crippen LogP contribution is 1.84. The molecule has 4 nitrogen and oxygen atoms in total. The first-order valence-electron chi connectivity index (χ1n) is 2.13. The van der Waals surface area contributed by atoms with Crippen LogP contribution < -0.4 is 5.73 Å². The number of hydrogen-bond acceptors (Lipinski definition) is 2. The van der Waals surface area contributed by atoms with Crippen LogP contribution in [0.1, 0.15) is 12.8 Å². The van der Waals surface area contributed by atoms with E-state index in [9.17, 15) is 9.59 Å².